The van der Waals surface area contributed by atoms with Gasteiger partial charge in [0.05, 0.1) is 12.4 Å². The molecule has 2 rings (SSSR count). The molecule has 0 saturated carbocycles. The third-order valence-corrected chi connectivity index (χ3v) is 2.54. The SMILES string of the molecule is N#CCCCn1cnc2cc(Br)cnc21. The molecule has 0 N–H and O–H groups in total. The molecule has 2 aromatic rings. The molecule has 2 heterocycles. The van der Waals surface area contributed by atoms with E-state index in [0.717, 1.165) is 28.6 Å². The highest BCUT2D eigenvalue weighted by Crippen LogP contribution is 2.16. The standard InChI is InChI=1S/C10H9BrN4/c11-8-5-9-10(13-6-8)15(7-14-9)4-2-1-3-12/h5-7H,1-2,4H2. The Labute approximate surface area is 95.7 Å². The number of fused-ring (bicyclic) bond motifs is 1. The Morgan fingerprint density at radius 3 is 3.13 bits per heavy atom. The molecule has 0 fully saturated rings. The number of hydrogen-bond acceptors (Lipinski definition) is 3. The Morgan fingerprint density at radius 2 is 2.33 bits per heavy atom. The monoisotopic (exact) mass is 264 g/mol. The van der Waals surface area contributed by atoms with Gasteiger partial charge in [0.2, 0.25) is 0 Å². The first kappa shape index (κ1) is 10.1. The number of aryl methyl sites for hydroxylation is 1. The fourth-order valence-corrected chi connectivity index (χ4v) is 1.74. The topological polar surface area (TPSA) is 54.5 Å². The zero-order valence-electron chi connectivity index (χ0n) is 8.02. The van der Waals surface area contributed by atoms with E-state index in [4.69, 9.17) is 5.26 Å². The van der Waals surface area contributed by atoms with Crippen LogP contribution in [0.2, 0.25) is 0 Å². The minimum absolute atomic E-state index is 0.566. The maximum atomic E-state index is 8.45. The number of rotatable bonds is 3. The molecule has 4 nitrogen and oxygen atoms in total. The van der Waals surface area contributed by atoms with Crippen molar-refractivity contribution < 1.29 is 0 Å². The van der Waals surface area contributed by atoms with Crippen LogP contribution < -0.4 is 0 Å². The Hall–Kier alpha value is -1.41. The van der Waals surface area contributed by atoms with Crippen LogP contribution in [0.5, 0.6) is 0 Å². The zero-order chi connectivity index (χ0) is 10.7. The lowest BCUT2D eigenvalue weighted by Crippen LogP contribution is -1.96. The molecular formula is C10H9BrN4. The van der Waals surface area contributed by atoms with Crippen molar-refractivity contribution in [3.63, 3.8) is 0 Å². The van der Waals surface area contributed by atoms with Gasteiger partial charge in [-0.1, -0.05) is 0 Å². The molecule has 0 aliphatic rings. The van der Waals surface area contributed by atoms with Crippen LogP contribution in [0.4, 0.5) is 0 Å². The summed E-state index contributed by atoms with van der Waals surface area (Å²) in [5.41, 5.74) is 1.75. The van der Waals surface area contributed by atoms with Gasteiger partial charge in [-0.3, -0.25) is 0 Å². The van der Waals surface area contributed by atoms with E-state index < -0.39 is 0 Å². The van der Waals surface area contributed by atoms with Crippen LogP contribution in [-0.2, 0) is 6.54 Å². The van der Waals surface area contributed by atoms with Gasteiger partial charge in [-0.05, 0) is 28.4 Å². The number of halogens is 1. The molecule has 15 heavy (non-hydrogen) atoms. The first-order valence-electron chi connectivity index (χ1n) is 4.64. The van der Waals surface area contributed by atoms with Crippen molar-refractivity contribution in [1.29, 1.82) is 5.26 Å². The van der Waals surface area contributed by atoms with Crippen LogP contribution in [0.25, 0.3) is 11.2 Å². The second-order valence-electron chi connectivity index (χ2n) is 3.20. The van der Waals surface area contributed by atoms with Gasteiger partial charge < -0.3 is 4.57 Å². The van der Waals surface area contributed by atoms with E-state index in [1.165, 1.54) is 0 Å². The third kappa shape index (κ3) is 2.16. The van der Waals surface area contributed by atoms with Gasteiger partial charge in [-0.2, -0.15) is 5.26 Å². The second kappa shape index (κ2) is 4.41. The highest BCUT2D eigenvalue weighted by Gasteiger charge is 2.03. The van der Waals surface area contributed by atoms with Crippen molar-refractivity contribution in [2.24, 2.45) is 0 Å². The largest absolute Gasteiger partial charge is 0.315 e. The molecule has 0 atom stereocenters. The van der Waals surface area contributed by atoms with Crippen molar-refractivity contribution in [3.8, 4) is 6.07 Å². The van der Waals surface area contributed by atoms with Crippen molar-refractivity contribution in [2.75, 3.05) is 0 Å². The summed E-state index contributed by atoms with van der Waals surface area (Å²) in [6.45, 7) is 0.790. The summed E-state index contributed by atoms with van der Waals surface area (Å²) in [6, 6.07) is 4.06. The molecular weight excluding hydrogens is 256 g/mol. The maximum absolute atomic E-state index is 8.45. The zero-order valence-corrected chi connectivity index (χ0v) is 9.61. The molecule has 0 bridgehead atoms. The lowest BCUT2D eigenvalue weighted by molar-refractivity contribution is 0.664. The first-order chi connectivity index (χ1) is 7.31. The molecule has 0 radical (unpaired) electrons. The van der Waals surface area contributed by atoms with E-state index in [1.54, 1.807) is 12.5 Å². The quantitative estimate of drug-likeness (QED) is 0.801. The van der Waals surface area contributed by atoms with Gasteiger partial charge in [0.15, 0.2) is 5.65 Å². The van der Waals surface area contributed by atoms with Crippen molar-refractivity contribution in [2.45, 2.75) is 19.4 Å². The van der Waals surface area contributed by atoms with Crippen LogP contribution in [-0.4, -0.2) is 14.5 Å². The number of nitriles is 1. The van der Waals surface area contributed by atoms with Crippen LogP contribution in [0.3, 0.4) is 0 Å². The fourth-order valence-electron chi connectivity index (χ4n) is 1.42. The summed E-state index contributed by atoms with van der Waals surface area (Å²) in [5.74, 6) is 0. The molecule has 5 heteroatoms. The highest BCUT2D eigenvalue weighted by atomic mass is 79.9. The lowest BCUT2D eigenvalue weighted by Gasteiger charge is -2.00. The van der Waals surface area contributed by atoms with E-state index in [9.17, 15) is 0 Å². The molecule has 76 valence electrons. The first-order valence-corrected chi connectivity index (χ1v) is 5.44. The minimum atomic E-state index is 0.566. The number of hydrogen-bond donors (Lipinski definition) is 0. The van der Waals surface area contributed by atoms with E-state index in [1.807, 2.05) is 10.6 Å². The Morgan fingerprint density at radius 1 is 1.47 bits per heavy atom. The summed E-state index contributed by atoms with van der Waals surface area (Å²) in [5, 5.41) is 8.45. The van der Waals surface area contributed by atoms with Gasteiger partial charge in [-0.25, -0.2) is 9.97 Å². The summed E-state index contributed by atoms with van der Waals surface area (Å²) in [7, 11) is 0. The predicted molar refractivity (Wildman–Crippen MR) is 60.1 cm³/mol. The average molecular weight is 265 g/mol. The van der Waals surface area contributed by atoms with E-state index in [-0.39, 0.29) is 0 Å². The fraction of sp³-hybridized carbons (Fsp3) is 0.300. The molecule has 0 amide bonds. The molecule has 0 aliphatic carbocycles. The van der Waals surface area contributed by atoms with E-state index in [0.29, 0.717) is 6.42 Å². The summed E-state index contributed by atoms with van der Waals surface area (Å²) < 4.78 is 2.90. The average Bonchev–Trinajstić information content (AvgIpc) is 2.61. The van der Waals surface area contributed by atoms with Gasteiger partial charge >= 0.3 is 0 Å². The lowest BCUT2D eigenvalue weighted by atomic mass is 10.3. The van der Waals surface area contributed by atoms with Gasteiger partial charge in [-0.15, -0.1) is 0 Å². The minimum Gasteiger partial charge on any atom is -0.315 e. The summed E-state index contributed by atoms with van der Waals surface area (Å²) >= 11 is 3.35. The molecule has 0 aliphatic heterocycles. The number of aromatic nitrogens is 3. The van der Waals surface area contributed by atoms with Gasteiger partial charge in [0.25, 0.3) is 0 Å². The van der Waals surface area contributed by atoms with E-state index >= 15 is 0 Å². The smallest absolute Gasteiger partial charge is 0.159 e. The molecule has 0 saturated heterocycles. The number of nitrogens with zero attached hydrogens (tertiary/aromatic N) is 4. The Balaban J connectivity index is 2.26. The van der Waals surface area contributed by atoms with Gasteiger partial charge in [0.1, 0.15) is 5.52 Å². The number of pyridine rings is 1. The highest BCUT2D eigenvalue weighted by molar-refractivity contribution is 9.10. The number of imidazole rings is 1. The van der Waals surface area contributed by atoms with Crippen LogP contribution in [0.1, 0.15) is 12.8 Å². The third-order valence-electron chi connectivity index (χ3n) is 2.11. The Bertz CT molecular complexity index is 512. The van der Waals surface area contributed by atoms with Crippen molar-refractivity contribution in [1.82, 2.24) is 14.5 Å². The molecule has 0 aromatic carbocycles. The molecule has 0 unspecified atom stereocenters. The predicted octanol–water partition coefficient (Wildman–Crippen LogP) is 2.50. The maximum Gasteiger partial charge on any atom is 0.159 e. The van der Waals surface area contributed by atoms with Crippen LogP contribution in [0.15, 0.2) is 23.1 Å². The van der Waals surface area contributed by atoms with Gasteiger partial charge in [0, 0.05) is 23.6 Å². The second-order valence-corrected chi connectivity index (χ2v) is 4.11. The summed E-state index contributed by atoms with van der Waals surface area (Å²) in [6.07, 6.45) is 4.92. The van der Waals surface area contributed by atoms with E-state index in [2.05, 4.69) is 32.0 Å². The van der Waals surface area contributed by atoms with Crippen LogP contribution >= 0.6 is 15.9 Å². The Kier molecular flexibility index (Phi) is 2.97. The summed E-state index contributed by atoms with van der Waals surface area (Å²) in [4.78, 5) is 8.54. The molecule has 2 aromatic heterocycles. The normalized spacial score (nSPS) is 10.4. The van der Waals surface area contributed by atoms with Crippen LogP contribution in [0, 0.1) is 11.3 Å². The van der Waals surface area contributed by atoms with Crippen molar-refractivity contribution in [3.05, 3.63) is 23.1 Å². The van der Waals surface area contributed by atoms with Crippen molar-refractivity contribution >= 4 is 27.1 Å². The number of unbranched alkanes of at least 4 members (excludes halogenated alkanes) is 1. The molecule has 0 spiro atoms.